The lowest BCUT2D eigenvalue weighted by molar-refractivity contribution is 0.333. The number of hydrogen-bond acceptors (Lipinski definition) is 3. The van der Waals surface area contributed by atoms with Gasteiger partial charge >= 0.3 is 0 Å². The topological polar surface area (TPSA) is 34.2 Å². The minimum Gasteiger partial charge on any atom is -0.494 e. The van der Waals surface area contributed by atoms with Crippen LogP contribution in [0.3, 0.4) is 0 Å². The van der Waals surface area contributed by atoms with Gasteiger partial charge in [0.15, 0.2) is 0 Å². The Morgan fingerprint density at radius 1 is 1.14 bits per heavy atom. The van der Waals surface area contributed by atoms with Gasteiger partial charge in [0.2, 0.25) is 0 Å². The smallest absolute Gasteiger partial charge is 0.124 e. The minimum absolute atomic E-state index is 0.112. The van der Waals surface area contributed by atoms with E-state index < -0.39 is 0 Å². The Hall–Kier alpha value is -1.87. The Kier molecular flexibility index (Phi) is 5.76. The lowest BCUT2D eigenvalue weighted by Gasteiger charge is -2.22. The first-order valence-corrected chi connectivity index (χ1v) is 7.64. The molecule has 0 saturated carbocycles. The average Bonchev–Trinajstić information content (AvgIpc) is 2.51. The highest BCUT2D eigenvalue weighted by Gasteiger charge is 2.17. The molecule has 0 fully saturated rings. The van der Waals surface area contributed by atoms with Crippen molar-refractivity contribution in [2.24, 2.45) is 0 Å². The fourth-order valence-corrected chi connectivity index (χ4v) is 2.35. The van der Waals surface area contributed by atoms with E-state index in [9.17, 15) is 0 Å². The van der Waals surface area contributed by atoms with E-state index >= 15 is 0 Å². The number of ether oxygens (including phenoxy) is 1. The van der Waals surface area contributed by atoms with Crippen molar-refractivity contribution in [3.05, 3.63) is 59.4 Å². The molecule has 3 heteroatoms. The average molecular weight is 284 g/mol. The van der Waals surface area contributed by atoms with Crippen LogP contribution in [0.15, 0.2) is 42.6 Å². The molecule has 1 heterocycles. The van der Waals surface area contributed by atoms with Gasteiger partial charge in [0.1, 0.15) is 5.75 Å². The summed E-state index contributed by atoms with van der Waals surface area (Å²) in [5, 5.41) is 3.60. The molecular formula is C18H24N2O. The summed E-state index contributed by atoms with van der Waals surface area (Å²) >= 11 is 0. The molecule has 0 aliphatic rings. The first-order chi connectivity index (χ1) is 10.3. The Labute approximate surface area is 127 Å². The molecule has 0 radical (unpaired) electrons. The van der Waals surface area contributed by atoms with Crippen molar-refractivity contribution in [1.82, 2.24) is 10.3 Å². The number of aromatic nitrogens is 1. The van der Waals surface area contributed by atoms with Gasteiger partial charge in [-0.2, -0.15) is 0 Å². The third-order valence-corrected chi connectivity index (χ3v) is 3.40. The van der Waals surface area contributed by atoms with Gasteiger partial charge in [0.05, 0.1) is 12.6 Å². The summed E-state index contributed by atoms with van der Waals surface area (Å²) in [6, 6.07) is 12.5. The van der Waals surface area contributed by atoms with E-state index in [0.29, 0.717) is 6.61 Å². The first kappa shape index (κ1) is 15.5. The third kappa shape index (κ3) is 4.05. The van der Waals surface area contributed by atoms with Crippen molar-refractivity contribution >= 4 is 0 Å². The van der Waals surface area contributed by atoms with Crippen molar-refractivity contribution in [2.75, 3.05) is 13.2 Å². The van der Waals surface area contributed by atoms with Gasteiger partial charge in [-0.05, 0) is 44.5 Å². The maximum absolute atomic E-state index is 5.78. The zero-order valence-electron chi connectivity index (χ0n) is 13.1. The molecule has 2 rings (SSSR count). The van der Waals surface area contributed by atoms with Crippen molar-refractivity contribution in [3.63, 3.8) is 0 Å². The number of para-hydroxylation sites is 1. The Bertz CT molecular complexity index is 551. The molecule has 1 unspecified atom stereocenters. The van der Waals surface area contributed by atoms with Crippen LogP contribution in [0.1, 0.15) is 43.1 Å². The molecule has 2 aromatic rings. The molecular weight excluding hydrogens is 260 g/mol. The summed E-state index contributed by atoms with van der Waals surface area (Å²) in [5.41, 5.74) is 3.37. The van der Waals surface area contributed by atoms with Crippen molar-refractivity contribution in [2.45, 2.75) is 33.2 Å². The number of rotatable bonds is 7. The van der Waals surface area contributed by atoms with Gasteiger partial charge in [-0.1, -0.05) is 31.2 Å². The molecule has 112 valence electrons. The molecule has 1 aromatic carbocycles. The number of hydrogen-bond donors (Lipinski definition) is 1. The Morgan fingerprint density at radius 2 is 1.95 bits per heavy atom. The van der Waals surface area contributed by atoms with E-state index in [2.05, 4.69) is 41.5 Å². The van der Waals surface area contributed by atoms with E-state index in [1.165, 1.54) is 11.1 Å². The van der Waals surface area contributed by atoms with E-state index in [1.807, 2.05) is 32.2 Å². The highest BCUT2D eigenvalue weighted by atomic mass is 16.5. The highest BCUT2D eigenvalue weighted by molar-refractivity contribution is 5.41. The SMILES string of the molecule is CCCNC(c1ccc(C)nc1)c1ccccc1OCC. The predicted molar refractivity (Wildman–Crippen MR) is 86.7 cm³/mol. The van der Waals surface area contributed by atoms with Crippen LogP contribution in [0.4, 0.5) is 0 Å². The van der Waals surface area contributed by atoms with Gasteiger partial charge in [0.25, 0.3) is 0 Å². The zero-order chi connectivity index (χ0) is 15.1. The molecule has 0 spiro atoms. The normalized spacial score (nSPS) is 12.1. The van der Waals surface area contributed by atoms with Crippen molar-refractivity contribution in [3.8, 4) is 5.75 Å². The summed E-state index contributed by atoms with van der Waals surface area (Å²) < 4.78 is 5.78. The monoisotopic (exact) mass is 284 g/mol. The number of nitrogens with zero attached hydrogens (tertiary/aromatic N) is 1. The molecule has 0 aliphatic carbocycles. The molecule has 1 aromatic heterocycles. The van der Waals surface area contributed by atoms with Gasteiger partial charge < -0.3 is 10.1 Å². The fraction of sp³-hybridized carbons (Fsp3) is 0.389. The van der Waals surface area contributed by atoms with Crippen LogP contribution in [0.25, 0.3) is 0 Å². The zero-order valence-corrected chi connectivity index (χ0v) is 13.1. The summed E-state index contributed by atoms with van der Waals surface area (Å²) in [4.78, 5) is 4.43. The third-order valence-electron chi connectivity index (χ3n) is 3.40. The van der Waals surface area contributed by atoms with Crippen LogP contribution in [0, 0.1) is 6.92 Å². The van der Waals surface area contributed by atoms with Gasteiger partial charge in [-0.25, -0.2) is 0 Å². The summed E-state index contributed by atoms with van der Waals surface area (Å²) in [6.07, 6.45) is 3.04. The molecule has 21 heavy (non-hydrogen) atoms. The van der Waals surface area contributed by atoms with Gasteiger partial charge in [-0.3, -0.25) is 4.98 Å². The second kappa shape index (κ2) is 7.79. The summed E-state index contributed by atoms with van der Waals surface area (Å²) in [7, 11) is 0. The van der Waals surface area contributed by atoms with Crippen LogP contribution >= 0.6 is 0 Å². The van der Waals surface area contributed by atoms with Gasteiger partial charge in [-0.15, -0.1) is 0 Å². The second-order valence-corrected chi connectivity index (χ2v) is 5.09. The van der Waals surface area contributed by atoms with Crippen LogP contribution < -0.4 is 10.1 Å². The second-order valence-electron chi connectivity index (χ2n) is 5.09. The van der Waals surface area contributed by atoms with Crippen LogP contribution in [0.5, 0.6) is 5.75 Å². The quantitative estimate of drug-likeness (QED) is 0.838. The van der Waals surface area contributed by atoms with Gasteiger partial charge in [0, 0.05) is 17.5 Å². The molecule has 0 aliphatic heterocycles. The largest absolute Gasteiger partial charge is 0.494 e. The lowest BCUT2D eigenvalue weighted by Crippen LogP contribution is -2.24. The number of aryl methyl sites for hydroxylation is 1. The van der Waals surface area contributed by atoms with Crippen molar-refractivity contribution in [1.29, 1.82) is 0 Å². The van der Waals surface area contributed by atoms with E-state index in [4.69, 9.17) is 4.74 Å². The first-order valence-electron chi connectivity index (χ1n) is 7.64. The van der Waals surface area contributed by atoms with E-state index in [0.717, 1.165) is 24.4 Å². The molecule has 0 bridgehead atoms. The molecule has 1 N–H and O–H groups in total. The maximum Gasteiger partial charge on any atom is 0.124 e. The van der Waals surface area contributed by atoms with E-state index in [-0.39, 0.29) is 6.04 Å². The van der Waals surface area contributed by atoms with Crippen LogP contribution in [-0.4, -0.2) is 18.1 Å². The molecule has 0 amide bonds. The molecule has 1 atom stereocenters. The summed E-state index contributed by atoms with van der Waals surface area (Å²) in [6.45, 7) is 7.82. The standard InChI is InChI=1S/C18H24N2O/c1-4-12-19-18(15-11-10-14(3)20-13-15)16-8-6-7-9-17(16)21-5-2/h6-11,13,18-19H,4-5,12H2,1-3H3. The highest BCUT2D eigenvalue weighted by Crippen LogP contribution is 2.29. The fourth-order valence-electron chi connectivity index (χ4n) is 2.35. The van der Waals surface area contributed by atoms with Crippen LogP contribution in [0.2, 0.25) is 0 Å². The number of nitrogens with one attached hydrogen (secondary N) is 1. The number of pyridine rings is 1. The Morgan fingerprint density at radius 3 is 2.62 bits per heavy atom. The number of benzene rings is 1. The summed E-state index contributed by atoms with van der Waals surface area (Å²) in [5.74, 6) is 0.939. The molecule has 3 nitrogen and oxygen atoms in total. The lowest BCUT2D eigenvalue weighted by atomic mass is 9.98. The van der Waals surface area contributed by atoms with Crippen molar-refractivity contribution < 1.29 is 4.74 Å². The van der Waals surface area contributed by atoms with Crippen LogP contribution in [-0.2, 0) is 0 Å². The molecule has 0 saturated heterocycles. The maximum atomic E-state index is 5.78. The predicted octanol–water partition coefficient (Wildman–Crippen LogP) is 3.88. The van der Waals surface area contributed by atoms with E-state index in [1.54, 1.807) is 0 Å². The Balaban J connectivity index is 2.37. The minimum atomic E-state index is 0.112.